The molecule has 19 heteroatoms. The molecule has 1 unspecified atom stereocenters. The maximum Gasteiger partial charge on any atom is 0.490 e. The second-order valence-corrected chi connectivity index (χ2v) is 11.1. The third-order valence-electron chi connectivity index (χ3n) is 6.04. The molecule has 0 aliphatic carbocycles. The Morgan fingerprint density at radius 2 is 1.67 bits per heavy atom. The number of carboxylic acid groups (broad SMARTS) is 2. The minimum Gasteiger partial charge on any atom is -0.497 e. The van der Waals surface area contributed by atoms with E-state index in [2.05, 4.69) is 20.2 Å². The standard InChI is InChI=1S/C25H29N5O3S.2C2HF3O2/c1-30(2)10-11-34-23-14-16(20-8-9-27-25(26)29-20)4-6-21(23)28-24(31)18-12-17-13-19(32-3)5-7-22(17)33-15-18;2*3-2(4,5)1(6)7/h4-9,13-14,18H,10-12,15H2,1-3H3,(H,28,31)(H2,26,27,29);2*(H,6,7). The van der Waals surface area contributed by atoms with Crippen LogP contribution >= 0.6 is 11.8 Å². The van der Waals surface area contributed by atoms with Crippen LogP contribution in [0, 0.1) is 5.92 Å². The van der Waals surface area contributed by atoms with Gasteiger partial charge in [-0.2, -0.15) is 26.3 Å². The number of hydrogen-bond donors (Lipinski definition) is 4. The van der Waals surface area contributed by atoms with E-state index in [4.69, 9.17) is 35.0 Å². The number of methoxy groups -OCH3 is 1. The lowest BCUT2D eigenvalue weighted by molar-refractivity contribution is -0.193. The van der Waals surface area contributed by atoms with Gasteiger partial charge in [-0.05, 0) is 62.5 Å². The van der Waals surface area contributed by atoms with Gasteiger partial charge in [0.2, 0.25) is 11.9 Å². The number of aromatic nitrogens is 2. The van der Waals surface area contributed by atoms with E-state index in [1.807, 2.05) is 56.6 Å². The first kappa shape index (κ1) is 39.4. The Bertz CT molecular complexity index is 1550. The molecule has 1 aliphatic heterocycles. The van der Waals surface area contributed by atoms with Crippen molar-refractivity contribution in [3.05, 3.63) is 54.2 Å². The predicted octanol–water partition coefficient (Wildman–Crippen LogP) is 4.84. The highest BCUT2D eigenvalue weighted by molar-refractivity contribution is 7.99. The van der Waals surface area contributed by atoms with Gasteiger partial charge in [0.05, 0.1) is 24.4 Å². The van der Waals surface area contributed by atoms with E-state index in [1.54, 1.807) is 25.1 Å². The van der Waals surface area contributed by atoms with Crippen LogP contribution in [0.15, 0.2) is 53.6 Å². The number of nitrogen functional groups attached to an aromatic ring is 1. The molecule has 0 saturated carbocycles. The van der Waals surface area contributed by atoms with E-state index in [1.165, 1.54) is 0 Å². The first-order chi connectivity index (χ1) is 22.3. The van der Waals surface area contributed by atoms with Gasteiger partial charge in [-0.1, -0.05) is 6.07 Å². The van der Waals surface area contributed by atoms with E-state index in [9.17, 15) is 31.1 Å². The van der Waals surface area contributed by atoms with Crippen LogP contribution in [0.5, 0.6) is 11.5 Å². The Morgan fingerprint density at radius 3 is 2.21 bits per heavy atom. The van der Waals surface area contributed by atoms with Crippen molar-refractivity contribution in [2.24, 2.45) is 5.92 Å². The predicted molar refractivity (Wildman–Crippen MR) is 163 cm³/mol. The molecule has 1 atom stereocenters. The van der Waals surface area contributed by atoms with Gasteiger partial charge in [-0.25, -0.2) is 19.6 Å². The van der Waals surface area contributed by atoms with Crippen molar-refractivity contribution in [1.29, 1.82) is 0 Å². The first-order valence-electron chi connectivity index (χ1n) is 13.5. The maximum absolute atomic E-state index is 13.2. The summed E-state index contributed by atoms with van der Waals surface area (Å²) in [4.78, 5) is 42.4. The van der Waals surface area contributed by atoms with Crippen molar-refractivity contribution in [3.63, 3.8) is 0 Å². The number of nitrogens with zero attached hydrogens (tertiary/aromatic N) is 3. The van der Waals surface area contributed by atoms with Crippen molar-refractivity contribution >= 4 is 41.2 Å². The smallest absolute Gasteiger partial charge is 0.490 e. The summed E-state index contributed by atoms with van der Waals surface area (Å²) < 4.78 is 74.6. The van der Waals surface area contributed by atoms with Gasteiger partial charge in [-0.15, -0.1) is 11.8 Å². The summed E-state index contributed by atoms with van der Waals surface area (Å²) in [6.45, 7) is 1.25. The minimum atomic E-state index is -5.08. The van der Waals surface area contributed by atoms with Crippen molar-refractivity contribution in [1.82, 2.24) is 14.9 Å². The molecule has 1 aromatic heterocycles. The number of fused-ring (bicyclic) bond motifs is 1. The van der Waals surface area contributed by atoms with E-state index in [0.717, 1.165) is 51.2 Å². The van der Waals surface area contributed by atoms with Crippen LogP contribution in [0.4, 0.5) is 38.0 Å². The molecule has 0 spiro atoms. The molecule has 3 aromatic rings. The SMILES string of the molecule is COc1ccc2c(c1)CC(C(=O)Nc1ccc(-c3ccnc(N)n3)cc1SCCN(C)C)CO2.O=C(O)C(F)(F)F.O=C(O)C(F)(F)F. The fraction of sp³-hybridized carbons (Fsp3) is 0.345. The van der Waals surface area contributed by atoms with Crippen LogP contribution in [0.2, 0.25) is 0 Å². The number of carbonyl (C=O) groups excluding carboxylic acids is 1. The minimum absolute atomic E-state index is 0.0676. The molecule has 1 aliphatic rings. The number of carbonyl (C=O) groups is 3. The third kappa shape index (κ3) is 12.8. The summed E-state index contributed by atoms with van der Waals surface area (Å²) in [6.07, 6.45) is -7.93. The van der Waals surface area contributed by atoms with Gasteiger partial charge in [0.15, 0.2) is 0 Å². The number of nitrogens with two attached hydrogens (primary N) is 1. The topological polar surface area (TPSA) is 177 Å². The monoisotopic (exact) mass is 707 g/mol. The zero-order valence-electron chi connectivity index (χ0n) is 25.6. The van der Waals surface area contributed by atoms with E-state index >= 15 is 0 Å². The zero-order chi connectivity index (χ0) is 36.2. The van der Waals surface area contributed by atoms with Gasteiger partial charge in [-0.3, -0.25) is 4.79 Å². The summed E-state index contributed by atoms with van der Waals surface area (Å²) in [5.41, 5.74) is 9.18. The molecular formula is C29H31F6N5O7S. The fourth-order valence-electron chi connectivity index (χ4n) is 3.68. The zero-order valence-corrected chi connectivity index (χ0v) is 26.4. The molecule has 2 heterocycles. The van der Waals surface area contributed by atoms with Crippen LogP contribution in [0.3, 0.4) is 0 Å². The summed E-state index contributed by atoms with van der Waals surface area (Å²) in [5, 5.41) is 17.4. The molecule has 262 valence electrons. The van der Waals surface area contributed by atoms with Gasteiger partial charge in [0.1, 0.15) is 18.1 Å². The normalized spacial score (nSPS) is 13.8. The summed E-state index contributed by atoms with van der Waals surface area (Å²) in [6, 6.07) is 13.4. The number of carboxylic acids is 2. The Hall–Kier alpha value is -4.78. The van der Waals surface area contributed by atoms with Gasteiger partial charge in [0, 0.05) is 29.0 Å². The Morgan fingerprint density at radius 1 is 1.04 bits per heavy atom. The van der Waals surface area contributed by atoms with Crippen LogP contribution in [-0.4, -0.2) is 95.4 Å². The van der Waals surface area contributed by atoms with Crippen LogP contribution in [0.1, 0.15) is 5.56 Å². The van der Waals surface area contributed by atoms with Crippen LogP contribution in [0.25, 0.3) is 11.3 Å². The molecule has 0 fully saturated rings. The number of hydrogen-bond acceptors (Lipinski definition) is 10. The second-order valence-electron chi connectivity index (χ2n) is 9.94. The Kier molecular flexibility index (Phi) is 14.3. The van der Waals surface area contributed by atoms with Crippen molar-refractivity contribution in [3.8, 4) is 22.8 Å². The molecule has 2 aromatic carbocycles. The van der Waals surface area contributed by atoms with Gasteiger partial charge < -0.3 is 35.6 Å². The van der Waals surface area contributed by atoms with Gasteiger partial charge in [0.25, 0.3) is 0 Å². The Balaban J connectivity index is 0.000000479. The van der Waals surface area contributed by atoms with Crippen molar-refractivity contribution < 1.29 is 60.4 Å². The number of halogens is 6. The number of benzene rings is 2. The van der Waals surface area contributed by atoms with Crippen LogP contribution < -0.4 is 20.5 Å². The summed E-state index contributed by atoms with van der Waals surface area (Å²) in [7, 11) is 5.71. The first-order valence-corrected chi connectivity index (χ1v) is 14.5. The maximum atomic E-state index is 13.2. The lowest BCUT2D eigenvalue weighted by atomic mass is 9.95. The summed E-state index contributed by atoms with van der Waals surface area (Å²) in [5.74, 6) is -3.21. The molecular weight excluding hydrogens is 676 g/mol. The highest BCUT2D eigenvalue weighted by Gasteiger charge is 2.39. The lowest BCUT2D eigenvalue weighted by Gasteiger charge is -2.25. The number of thioether (sulfide) groups is 1. The van der Waals surface area contributed by atoms with E-state index in [-0.39, 0.29) is 17.8 Å². The molecule has 1 amide bonds. The second kappa shape index (κ2) is 17.4. The number of ether oxygens (including phenoxy) is 2. The number of amides is 1. The van der Waals surface area contributed by atoms with Gasteiger partial charge >= 0.3 is 24.3 Å². The quantitative estimate of drug-likeness (QED) is 0.185. The molecule has 0 saturated heterocycles. The average Bonchev–Trinajstić information content (AvgIpc) is 3.00. The molecule has 48 heavy (non-hydrogen) atoms. The van der Waals surface area contributed by atoms with Crippen molar-refractivity contribution in [2.45, 2.75) is 23.7 Å². The molecule has 5 N–H and O–H groups in total. The molecule has 12 nitrogen and oxygen atoms in total. The largest absolute Gasteiger partial charge is 0.497 e. The lowest BCUT2D eigenvalue weighted by Crippen LogP contribution is -2.32. The van der Waals surface area contributed by atoms with Crippen LogP contribution in [-0.2, 0) is 20.8 Å². The summed E-state index contributed by atoms with van der Waals surface area (Å²) >= 11 is 1.69. The highest BCUT2D eigenvalue weighted by atomic mass is 32.2. The van der Waals surface area contributed by atoms with Crippen molar-refractivity contribution in [2.75, 3.05) is 51.2 Å². The third-order valence-corrected chi connectivity index (χ3v) is 7.07. The van der Waals surface area contributed by atoms with E-state index in [0.29, 0.717) is 13.0 Å². The Labute approximate surface area is 274 Å². The number of aliphatic carboxylic acids is 2. The molecule has 0 radical (unpaired) electrons. The fourth-order valence-corrected chi connectivity index (χ4v) is 4.84. The number of rotatable bonds is 8. The molecule has 0 bridgehead atoms. The highest BCUT2D eigenvalue weighted by Crippen LogP contribution is 2.34. The average molecular weight is 708 g/mol. The molecule has 4 rings (SSSR count). The number of nitrogens with one attached hydrogen (secondary N) is 1. The number of alkyl halides is 6. The van der Waals surface area contributed by atoms with E-state index < -0.39 is 24.3 Å². The number of anilines is 2.